The molecule has 2 rings (SSSR count). The average Bonchev–Trinajstić information content (AvgIpc) is 2.63. The second-order valence-electron chi connectivity index (χ2n) is 4.84. The second-order valence-corrected chi connectivity index (χ2v) is 6.09. The maximum absolute atomic E-state index is 9.60. The molecule has 1 aromatic carbocycles. The minimum Gasteiger partial charge on any atom is -0.462 e. The van der Waals surface area contributed by atoms with Gasteiger partial charge in [-0.25, -0.2) is 0 Å². The predicted octanol–water partition coefficient (Wildman–Crippen LogP) is 2.85. The third-order valence-electron chi connectivity index (χ3n) is 2.20. The summed E-state index contributed by atoms with van der Waals surface area (Å²) in [5.74, 6) is 0. The number of carbonyl (C=O) groups excluding carboxylic acids is 1. The first-order valence-corrected chi connectivity index (χ1v) is 6.60. The van der Waals surface area contributed by atoms with E-state index in [9.17, 15) is 4.79 Å². The smallest absolute Gasteiger partial charge is 0.293 e. The van der Waals surface area contributed by atoms with E-state index in [2.05, 4.69) is 50.8 Å². The fourth-order valence-corrected chi connectivity index (χ4v) is 1.96. The molecule has 0 unspecified atom stereocenters. The van der Waals surface area contributed by atoms with Crippen LogP contribution in [0.4, 0.5) is 0 Å². The van der Waals surface area contributed by atoms with Crippen LogP contribution in [0.1, 0.15) is 31.9 Å². The summed E-state index contributed by atoms with van der Waals surface area (Å²) < 4.78 is 5.88. The summed E-state index contributed by atoms with van der Waals surface area (Å²) in [6.45, 7) is 8.02. The van der Waals surface area contributed by atoms with Crippen LogP contribution in [0.3, 0.4) is 0 Å². The van der Waals surface area contributed by atoms with Gasteiger partial charge in [-0.1, -0.05) is 6.07 Å². The highest BCUT2D eigenvalue weighted by Gasteiger charge is 2.08. The molecule has 0 atom stereocenters. The van der Waals surface area contributed by atoms with Crippen molar-refractivity contribution in [2.24, 2.45) is 0 Å². The molecule has 3 nitrogen and oxygen atoms in total. The Morgan fingerprint density at radius 3 is 2.47 bits per heavy atom. The van der Waals surface area contributed by atoms with Crippen LogP contribution in [0.25, 0.3) is 0 Å². The van der Waals surface area contributed by atoms with Crippen LogP contribution in [0.5, 0.6) is 0 Å². The third-order valence-corrected chi connectivity index (χ3v) is 2.87. The standard InChI is InChI=1S/C8H8IN.C5H10O2/c9-8-2-1-6-4-10-5-7(6)3-8;1-5(2,3)7-4-6/h1-3,10H,4-5H2;4H,1-3H3. The number of rotatable bonds is 1. The molecule has 0 saturated heterocycles. The normalized spacial score (nSPS) is 13.4. The molecule has 1 heterocycles. The SMILES string of the molecule is CC(C)(C)OC=O.Ic1ccc2c(c1)CNC2. The predicted molar refractivity (Wildman–Crippen MR) is 76.6 cm³/mol. The van der Waals surface area contributed by atoms with Gasteiger partial charge >= 0.3 is 0 Å². The summed E-state index contributed by atoms with van der Waals surface area (Å²) in [5, 5.41) is 3.31. The van der Waals surface area contributed by atoms with Crippen molar-refractivity contribution in [2.75, 3.05) is 0 Å². The zero-order chi connectivity index (χ0) is 12.9. The molecule has 17 heavy (non-hydrogen) atoms. The number of ether oxygens (including phenoxy) is 1. The van der Waals surface area contributed by atoms with Crippen LogP contribution in [0, 0.1) is 3.57 Å². The quantitative estimate of drug-likeness (QED) is 0.627. The molecule has 0 fully saturated rings. The Morgan fingerprint density at radius 1 is 1.29 bits per heavy atom. The lowest BCUT2D eigenvalue weighted by Gasteiger charge is -2.14. The molecule has 0 amide bonds. The van der Waals surface area contributed by atoms with Crippen molar-refractivity contribution in [3.05, 3.63) is 32.9 Å². The highest BCUT2D eigenvalue weighted by atomic mass is 127. The maximum Gasteiger partial charge on any atom is 0.293 e. The topological polar surface area (TPSA) is 38.3 Å². The molecule has 0 spiro atoms. The van der Waals surface area contributed by atoms with Crippen LogP contribution in [0.15, 0.2) is 18.2 Å². The minimum atomic E-state index is -0.318. The number of carbonyl (C=O) groups is 1. The Morgan fingerprint density at radius 2 is 1.94 bits per heavy atom. The second kappa shape index (κ2) is 6.35. The van der Waals surface area contributed by atoms with Crippen molar-refractivity contribution in [1.82, 2.24) is 5.32 Å². The van der Waals surface area contributed by atoms with Crippen LogP contribution < -0.4 is 5.32 Å². The van der Waals surface area contributed by atoms with Crippen LogP contribution in [0.2, 0.25) is 0 Å². The Labute approximate surface area is 116 Å². The summed E-state index contributed by atoms with van der Waals surface area (Å²) in [4.78, 5) is 9.60. The van der Waals surface area contributed by atoms with Gasteiger partial charge < -0.3 is 10.1 Å². The van der Waals surface area contributed by atoms with Crippen molar-refractivity contribution < 1.29 is 9.53 Å². The first kappa shape index (κ1) is 14.4. The van der Waals surface area contributed by atoms with Gasteiger partial charge in [0.25, 0.3) is 6.47 Å². The summed E-state index contributed by atoms with van der Waals surface area (Å²) >= 11 is 2.35. The molecule has 1 N–H and O–H groups in total. The Hall–Kier alpha value is -0.620. The molecule has 0 bridgehead atoms. The molecular formula is C13H18INO2. The summed E-state index contributed by atoms with van der Waals surface area (Å²) in [7, 11) is 0. The molecule has 1 aliphatic rings. The van der Waals surface area contributed by atoms with Crippen LogP contribution in [-0.4, -0.2) is 12.1 Å². The van der Waals surface area contributed by atoms with Crippen LogP contribution in [-0.2, 0) is 22.6 Å². The van der Waals surface area contributed by atoms with Gasteiger partial charge in [0.05, 0.1) is 0 Å². The van der Waals surface area contributed by atoms with Gasteiger partial charge in [0.15, 0.2) is 0 Å². The largest absolute Gasteiger partial charge is 0.462 e. The number of hydrogen-bond acceptors (Lipinski definition) is 3. The monoisotopic (exact) mass is 347 g/mol. The van der Waals surface area contributed by atoms with E-state index in [1.165, 1.54) is 14.7 Å². The zero-order valence-electron chi connectivity index (χ0n) is 10.4. The highest BCUT2D eigenvalue weighted by Crippen LogP contribution is 2.17. The fraction of sp³-hybridized carbons (Fsp3) is 0.462. The lowest BCUT2D eigenvalue weighted by Crippen LogP contribution is -2.17. The Balaban J connectivity index is 0.000000185. The van der Waals surface area contributed by atoms with Gasteiger partial charge in [0.2, 0.25) is 0 Å². The van der Waals surface area contributed by atoms with E-state index in [1.807, 2.05) is 20.8 Å². The van der Waals surface area contributed by atoms with Crippen molar-refractivity contribution in [2.45, 2.75) is 39.5 Å². The van der Waals surface area contributed by atoms with Gasteiger partial charge in [0, 0.05) is 16.7 Å². The fourth-order valence-electron chi connectivity index (χ4n) is 1.41. The van der Waals surface area contributed by atoms with Crippen molar-refractivity contribution in [3.63, 3.8) is 0 Å². The maximum atomic E-state index is 9.60. The van der Waals surface area contributed by atoms with E-state index in [0.29, 0.717) is 6.47 Å². The Kier molecular flexibility index (Phi) is 5.39. The zero-order valence-corrected chi connectivity index (χ0v) is 12.6. The molecule has 1 aliphatic heterocycles. The first-order chi connectivity index (χ1) is 7.92. The third kappa shape index (κ3) is 5.50. The van der Waals surface area contributed by atoms with E-state index < -0.39 is 0 Å². The first-order valence-electron chi connectivity index (χ1n) is 5.52. The van der Waals surface area contributed by atoms with E-state index >= 15 is 0 Å². The Bertz CT molecular complexity index is 385. The molecular weight excluding hydrogens is 329 g/mol. The van der Waals surface area contributed by atoms with Crippen molar-refractivity contribution >= 4 is 29.1 Å². The number of nitrogens with one attached hydrogen (secondary N) is 1. The van der Waals surface area contributed by atoms with Gasteiger partial charge in [-0.05, 0) is 66.6 Å². The number of halogens is 1. The van der Waals surface area contributed by atoms with E-state index in [0.717, 1.165) is 13.1 Å². The average molecular weight is 347 g/mol. The van der Waals surface area contributed by atoms with Gasteiger partial charge in [0.1, 0.15) is 5.60 Å². The molecule has 0 aliphatic carbocycles. The lowest BCUT2D eigenvalue weighted by atomic mass is 10.1. The molecule has 0 radical (unpaired) electrons. The number of benzene rings is 1. The lowest BCUT2D eigenvalue weighted by molar-refractivity contribution is -0.138. The van der Waals surface area contributed by atoms with Gasteiger partial charge in [-0.2, -0.15) is 0 Å². The van der Waals surface area contributed by atoms with E-state index in [1.54, 1.807) is 0 Å². The van der Waals surface area contributed by atoms with Crippen LogP contribution >= 0.6 is 22.6 Å². The number of hydrogen-bond donors (Lipinski definition) is 1. The van der Waals surface area contributed by atoms with Crippen molar-refractivity contribution in [1.29, 1.82) is 0 Å². The highest BCUT2D eigenvalue weighted by molar-refractivity contribution is 14.1. The molecule has 0 aromatic heterocycles. The molecule has 0 saturated carbocycles. The summed E-state index contributed by atoms with van der Waals surface area (Å²) in [6, 6.07) is 6.61. The van der Waals surface area contributed by atoms with E-state index in [-0.39, 0.29) is 5.60 Å². The number of fused-ring (bicyclic) bond motifs is 1. The van der Waals surface area contributed by atoms with E-state index in [4.69, 9.17) is 0 Å². The molecule has 4 heteroatoms. The van der Waals surface area contributed by atoms with Crippen molar-refractivity contribution in [3.8, 4) is 0 Å². The van der Waals surface area contributed by atoms with Gasteiger partial charge in [-0.15, -0.1) is 0 Å². The summed E-state index contributed by atoms with van der Waals surface area (Å²) in [5.41, 5.74) is 2.61. The molecule has 1 aromatic rings. The minimum absolute atomic E-state index is 0.318. The summed E-state index contributed by atoms with van der Waals surface area (Å²) in [6.07, 6.45) is 0. The molecule has 94 valence electrons. The van der Waals surface area contributed by atoms with Gasteiger partial charge in [-0.3, -0.25) is 4.79 Å².